The number of thiophene rings is 1. The first-order valence-electron chi connectivity index (χ1n) is 7.54. The average Bonchev–Trinajstić information content (AvgIpc) is 2.96. The molecule has 1 aliphatic heterocycles. The highest BCUT2D eigenvalue weighted by atomic mass is 32.1. The van der Waals surface area contributed by atoms with Gasteiger partial charge in [0.2, 0.25) is 12.4 Å². The zero-order valence-corrected chi connectivity index (χ0v) is 14.1. The van der Waals surface area contributed by atoms with Crippen molar-refractivity contribution in [3.05, 3.63) is 10.9 Å². The van der Waals surface area contributed by atoms with E-state index in [0.717, 1.165) is 61.0 Å². The monoisotopic (exact) mass is 319 g/mol. The standard InChI is InChI=1S/C15H21N5OS/c1-4-11-9-12-13(18(2)3)16-15(17-14(12)22-11)20-7-5-19(10-21)6-8-20/h9-10H,4-8H2,1-3H3. The molecule has 7 heteroatoms. The molecule has 0 atom stereocenters. The fraction of sp³-hybridized carbons (Fsp3) is 0.533. The number of rotatable bonds is 4. The highest BCUT2D eigenvalue weighted by Gasteiger charge is 2.20. The largest absolute Gasteiger partial charge is 0.362 e. The lowest BCUT2D eigenvalue weighted by Crippen LogP contribution is -2.46. The maximum absolute atomic E-state index is 10.8. The summed E-state index contributed by atoms with van der Waals surface area (Å²) in [5.74, 6) is 1.74. The van der Waals surface area contributed by atoms with Crippen molar-refractivity contribution >= 4 is 39.7 Å². The van der Waals surface area contributed by atoms with Crippen LogP contribution in [0.1, 0.15) is 11.8 Å². The molecule has 0 aromatic carbocycles. The Labute approximate surface area is 134 Å². The van der Waals surface area contributed by atoms with Crippen LogP contribution in [0, 0.1) is 0 Å². The highest BCUT2D eigenvalue weighted by molar-refractivity contribution is 7.18. The number of hydrogen-bond acceptors (Lipinski definition) is 6. The second kappa shape index (κ2) is 6.08. The van der Waals surface area contributed by atoms with Gasteiger partial charge in [-0.25, -0.2) is 4.98 Å². The Morgan fingerprint density at radius 1 is 1.27 bits per heavy atom. The van der Waals surface area contributed by atoms with E-state index in [1.165, 1.54) is 4.88 Å². The minimum atomic E-state index is 0.729. The number of nitrogens with zero attached hydrogens (tertiary/aromatic N) is 5. The molecule has 0 unspecified atom stereocenters. The quantitative estimate of drug-likeness (QED) is 0.801. The SMILES string of the molecule is CCc1cc2c(N(C)C)nc(N3CCN(C=O)CC3)nc2s1. The third-order valence-corrected chi connectivity index (χ3v) is 5.10. The fourth-order valence-corrected chi connectivity index (χ4v) is 3.59. The van der Waals surface area contributed by atoms with Crippen LogP contribution in [0.4, 0.5) is 11.8 Å². The molecule has 0 radical (unpaired) electrons. The predicted molar refractivity (Wildman–Crippen MR) is 91.0 cm³/mol. The molecule has 118 valence electrons. The van der Waals surface area contributed by atoms with Gasteiger partial charge in [-0.2, -0.15) is 4.98 Å². The van der Waals surface area contributed by atoms with Gasteiger partial charge in [-0.15, -0.1) is 11.3 Å². The van der Waals surface area contributed by atoms with Crippen LogP contribution < -0.4 is 9.80 Å². The zero-order chi connectivity index (χ0) is 15.7. The number of piperazine rings is 1. The number of fused-ring (bicyclic) bond motifs is 1. The second-order valence-electron chi connectivity index (χ2n) is 5.66. The summed E-state index contributed by atoms with van der Waals surface area (Å²) in [5.41, 5.74) is 0. The van der Waals surface area contributed by atoms with E-state index in [4.69, 9.17) is 9.97 Å². The van der Waals surface area contributed by atoms with Crippen molar-refractivity contribution in [1.82, 2.24) is 14.9 Å². The molecule has 3 rings (SSSR count). The number of aryl methyl sites for hydroxylation is 1. The van der Waals surface area contributed by atoms with Gasteiger partial charge in [0.1, 0.15) is 10.6 Å². The number of aromatic nitrogens is 2. The first-order chi connectivity index (χ1) is 10.6. The van der Waals surface area contributed by atoms with E-state index >= 15 is 0 Å². The number of hydrogen-bond donors (Lipinski definition) is 0. The number of carbonyl (C=O) groups excluding carboxylic acids is 1. The third kappa shape index (κ3) is 2.72. The third-order valence-electron chi connectivity index (χ3n) is 3.93. The van der Waals surface area contributed by atoms with Gasteiger partial charge in [0.05, 0.1) is 5.39 Å². The van der Waals surface area contributed by atoms with Crippen molar-refractivity contribution in [1.29, 1.82) is 0 Å². The van der Waals surface area contributed by atoms with Crippen LogP contribution in [0.3, 0.4) is 0 Å². The Balaban J connectivity index is 1.98. The van der Waals surface area contributed by atoms with Crippen molar-refractivity contribution in [2.45, 2.75) is 13.3 Å². The molecule has 1 aliphatic rings. The number of anilines is 2. The lowest BCUT2D eigenvalue weighted by atomic mass is 10.3. The molecule has 1 fully saturated rings. The highest BCUT2D eigenvalue weighted by Crippen LogP contribution is 2.32. The van der Waals surface area contributed by atoms with E-state index in [9.17, 15) is 4.79 Å². The molecule has 22 heavy (non-hydrogen) atoms. The van der Waals surface area contributed by atoms with Crippen LogP contribution in [0.5, 0.6) is 0 Å². The van der Waals surface area contributed by atoms with Crippen molar-refractivity contribution in [2.24, 2.45) is 0 Å². The van der Waals surface area contributed by atoms with E-state index in [2.05, 4.69) is 17.9 Å². The van der Waals surface area contributed by atoms with Gasteiger partial charge in [0, 0.05) is 45.2 Å². The summed E-state index contributed by atoms with van der Waals surface area (Å²) in [6.07, 6.45) is 1.93. The molecule has 3 heterocycles. The molecular formula is C15H21N5OS. The van der Waals surface area contributed by atoms with Crippen molar-refractivity contribution in [3.8, 4) is 0 Å². The zero-order valence-electron chi connectivity index (χ0n) is 13.2. The van der Waals surface area contributed by atoms with Crippen LogP contribution in [0.15, 0.2) is 6.07 Å². The number of carbonyl (C=O) groups is 1. The van der Waals surface area contributed by atoms with Gasteiger partial charge in [-0.1, -0.05) is 6.92 Å². The van der Waals surface area contributed by atoms with Gasteiger partial charge in [-0.05, 0) is 12.5 Å². The molecule has 0 bridgehead atoms. The number of amides is 1. The lowest BCUT2D eigenvalue weighted by molar-refractivity contribution is -0.118. The van der Waals surface area contributed by atoms with Crippen molar-refractivity contribution in [3.63, 3.8) is 0 Å². The van der Waals surface area contributed by atoms with Gasteiger partial charge < -0.3 is 14.7 Å². The van der Waals surface area contributed by atoms with Crippen molar-refractivity contribution < 1.29 is 4.79 Å². The van der Waals surface area contributed by atoms with Crippen LogP contribution in [-0.2, 0) is 11.2 Å². The molecule has 2 aromatic heterocycles. The minimum Gasteiger partial charge on any atom is -0.362 e. The van der Waals surface area contributed by atoms with Gasteiger partial charge in [0.15, 0.2) is 0 Å². The molecule has 6 nitrogen and oxygen atoms in total. The molecular weight excluding hydrogens is 298 g/mol. The van der Waals surface area contributed by atoms with E-state index in [1.807, 2.05) is 19.0 Å². The van der Waals surface area contributed by atoms with Crippen LogP contribution in [0.2, 0.25) is 0 Å². The van der Waals surface area contributed by atoms with E-state index in [1.54, 1.807) is 16.2 Å². The van der Waals surface area contributed by atoms with Crippen LogP contribution in [0.25, 0.3) is 10.2 Å². The smallest absolute Gasteiger partial charge is 0.228 e. The van der Waals surface area contributed by atoms with E-state index in [-0.39, 0.29) is 0 Å². The molecule has 0 aliphatic carbocycles. The normalized spacial score (nSPS) is 15.4. The minimum absolute atomic E-state index is 0.729. The molecule has 2 aromatic rings. The van der Waals surface area contributed by atoms with E-state index in [0.29, 0.717) is 0 Å². The van der Waals surface area contributed by atoms with Crippen LogP contribution >= 0.6 is 11.3 Å². The Hall–Kier alpha value is -1.89. The summed E-state index contributed by atoms with van der Waals surface area (Å²) in [6, 6.07) is 2.20. The topological polar surface area (TPSA) is 52.6 Å². The van der Waals surface area contributed by atoms with Gasteiger partial charge >= 0.3 is 0 Å². The Kier molecular flexibility index (Phi) is 4.15. The maximum Gasteiger partial charge on any atom is 0.228 e. The van der Waals surface area contributed by atoms with Gasteiger partial charge in [-0.3, -0.25) is 4.79 Å². The first kappa shape index (κ1) is 15.0. The van der Waals surface area contributed by atoms with Crippen molar-refractivity contribution in [2.75, 3.05) is 50.1 Å². The summed E-state index contributed by atoms with van der Waals surface area (Å²) in [5, 5.41) is 1.13. The molecule has 1 saturated heterocycles. The fourth-order valence-electron chi connectivity index (χ4n) is 2.63. The van der Waals surface area contributed by atoms with Crippen LogP contribution in [-0.4, -0.2) is 61.6 Å². The maximum atomic E-state index is 10.8. The Bertz CT molecular complexity index is 676. The Morgan fingerprint density at radius 3 is 2.59 bits per heavy atom. The summed E-state index contributed by atoms with van der Waals surface area (Å²) < 4.78 is 0. The average molecular weight is 319 g/mol. The van der Waals surface area contributed by atoms with Gasteiger partial charge in [0.25, 0.3) is 0 Å². The molecule has 0 spiro atoms. The summed E-state index contributed by atoms with van der Waals surface area (Å²) in [7, 11) is 4.03. The predicted octanol–water partition coefficient (Wildman–Crippen LogP) is 1.60. The van der Waals surface area contributed by atoms with E-state index < -0.39 is 0 Å². The molecule has 0 N–H and O–H groups in total. The first-order valence-corrected chi connectivity index (χ1v) is 8.36. The summed E-state index contributed by atoms with van der Waals surface area (Å²) in [6.45, 7) is 5.18. The summed E-state index contributed by atoms with van der Waals surface area (Å²) in [4.78, 5) is 28.7. The lowest BCUT2D eigenvalue weighted by Gasteiger charge is -2.32. The Morgan fingerprint density at radius 2 is 2.00 bits per heavy atom. The summed E-state index contributed by atoms with van der Waals surface area (Å²) >= 11 is 1.74. The molecule has 1 amide bonds. The molecule has 0 saturated carbocycles. The second-order valence-corrected chi connectivity index (χ2v) is 6.77.